The largest absolute Gasteiger partial charge is 0.495 e. The van der Waals surface area contributed by atoms with Crippen LogP contribution in [0.5, 0.6) is 5.75 Å². The van der Waals surface area contributed by atoms with Gasteiger partial charge in [-0.1, -0.05) is 44.2 Å². The fourth-order valence-electron chi connectivity index (χ4n) is 4.01. The number of nitrogens with one attached hydrogen (secondary N) is 1. The summed E-state index contributed by atoms with van der Waals surface area (Å²) in [5, 5.41) is 13.9. The van der Waals surface area contributed by atoms with Gasteiger partial charge in [0.15, 0.2) is 0 Å². The molecule has 2 aromatic heterocycles. The lowest BCUT2D eigenvalue weighted by atomic mass is 10.0. The summed E-state index contributed by atoms with van der Waals surface area (Å²) in [6.45, 7) is 3.85. The van der Waals surface area contributed by atoms with Gasteiger partial charge in [0.05, 0.1) is 29.4 Å². The van der Waals surface area contributed by atoms with Crippen LogP contribution in [0.25, 0.3) is 27.5 Å². The molecule has 0 fully saturated rings. The Balaban J connectivity index is 1.89. The molecule has 0 aliphatic rings. The number of nitrogens with zero attached hydrogens (tertiary/aromatic N) is 2. The molecule has 7 heteroatoms. The summed E-state index contributed by atoms with van der Waals surface area (Å²) in [5.41, 5.74) is 2.79. The summed E-state index contributed by atoms with van der Waals surface area (Å²) in [7, 11) is 1.58. The van der Waals surface area contributed by atoms with Crippen LogP contribution in [0.3, 0.4) is 0 Å². The predicted molar refractivity (Wildman–Crippen MR) is 123 cm³/mol. The van der Waals surface area contributed by atoms with Gasteiger partial charge >= 0.3 is 5.97 Å². The van der Waals surface area contributed by atoms with E-state index in [4.69, 9.17) is 4.74 Å². The fraction of sp³-hybridized carbons (Fsp3) is 0.240. The van der Waals surface area contributed by atoms with Crippen molar-refractivity contribution < 1.29 is 19.4 Å². The SMILES string of the molecule is COc1cccc2c(C(=O)N[C@@H](CC(C)C)C(=O)O)cn(-c3ccnc4ccccc34)c12. The summed E-state index contributed by atoms with van der Waals surface area (Å²) in [6.07, 6.45) is 3.80. The first-order chi connectivity index (χ1) is 15.4. The predicted octanol–water partition coefficient (Wildman–Crippen LogP) is 4.42. The smallest absolute Gasteiger partial charge is 0.326 e. The van der Waals surface area contributed by atoms with Crippen molar-refractivity contribution in [2.75, 3.05) is 7.11 Å². The van der Waals surface area contributed by atoms with Crippen LogP contribution in [0.2, 0.25) is 0 Å². The number of carbonyl (C=O) groups excluding carboxylic acids is 1. The maximum absolute atomic E-state index is 13.2. The van der Waals surface area contributed by atoms with Crippen molar-refractivity contribution >= 4 is 33.7 Å². The normalized spacial score (nSPS) is 12.2. The molecule has 1 atom stereocenters. The van der Waals surface area contributed by atoms with E-state index in [-0.39, 0.29) is 5.92 Å². The zero-order chi connectivity index (χ0) is 22.8. The molecule has 2 N–H and O–H groups in total. The number of aromatic nitrogens is 2. The molecule has 164 valence electrons. The van der Waals surface area contributed by atoms with E-state index >= 15 is 0 Å². The Labute approximate surface area is 185 Å². The monoisotopic (exact) mass is 431 g/mol. The number of carbonyl (C=O) groups is 2. The van der Waals surface area contributed by atoms with E-state index in [0.717, 1.165) is 22.1 Å². The minimum atomic E-state index is -1.05. The topological polar surface area (TPSA) is 93.5 Å². The van der Waals surface area contributed by atoms with Crippen molar-refractivity contribution in [2.45, 2.75) is 26.3 Å². The molecule has 2 aromatic carbocycles. The fourth-order valence-corrected chi connectivity index (χ4v) is 4.01. The first kappa shape index (κ1) is 21.4. The summed E-state index contributed by atoms with van der Waals surface area (Å²) < 4.78 is 7.51. The van der Waals surface area contributed by atoms with Gasteiger partial charge in [0.2, 0.25) is 0 Å². The van der Waals surface area contributed by atoms with Crippen LogP contribution in [0.15, 0.2) is 60.9 Å². The third kappa shape index (κ3) is 3.89. The number of hydrogen-bond acceptors (Lipinski definition) is 4. The number of carboxylic acid groups (broad SMARTS) is 1. The van der Waals surface area contributed by atoms with Crippen LogP contribution in [0.1, 0.15) is 30.6 Å². The highest BCUT2D eigenvalue weighted by atomic mass is 16.5. The molecular weight excluding hydrogens is 406 g/mol. The maximum Gasteiger partial charge on any atom is 0.326 e. The number of rotatable bonds is 7. The number of benzene rings is 2. The molecule has 2 heterocycles. The van der Waals surface area contributed by atoms with Crippen molar-refractivity contribution in [1.82, 2.24) is 14.9 Å². The van der Waals surface area contributed by atoms with Crippen molar-refractivity contribution in [1.29, 1.82) is 0 Å². The number of carboxylic acids is 1. The number of amides is 1. The molecule has 7 nitrogen and oxygen atoms in total. The molecule has 0 aliphatic heterocycles. The van der Waals surface area contributed by atoms with Gasteiger partial charge in [-0.25, -0.2) is 4.79 Å². The van der Waals surface area contributed by atoms with Gasteiger partial charge in [-0.2, -0.15) is 0 Å². The number of fused-ring (bicyclic) bond motifs is 2. The van der Waals surface area contributed by atoms with Crippen molar-refractivity contribution in [3.05, 3.63) is 66.5 Å². The summed E-state index contributed by atoms with van der Waals surface area (Å²) in [5.74, 6) is -0.748. The lowest BCUT2D eigenvalue weighted by Crippen LogP contribution is -2.41. The molecule has 0 bridgehead atoms. The number of aliphatic carboxylic acids is 1. The average molecular weight is 431 g/mol. The van der Waals surface area contributed by atoms with Gasteiger partial charge in [0.25, 0.3) is 5.91 Å². The second-order valence-corrected chi connectivity index (χ2v) is 8.11. The number of para-hydroxylation sites is 2. The third-order valence-corrected chi connectivity index (χ3v) is 5.45. The van der Waals surface area contributed by atoms with Crippen LogP contribution in [-0.4, -0.2) is 39.7 Å². The quantitative estimate of drug-likeness (QED) is 0.452. The van der Waals surface area contributed by atoms with Crippen LogP contribution in [-0.2, 0) is 4.79 Å². The maximum atomic E-state index is 13.2. The highest BCUT2D eigenvalue weighted by Gasteiger charge is 2.25. The van der Waals surface area contributed by atoms with Gasteiger partial charge in [0.1, 0.15) is 11.8 Å². The Bertz CT molecular complexity index is 1300. The first-order valence-electron chi connectivity index (χ1n) is 10.5. The molecule has 0 aliphatic carbocycles. The first-order valence-corrected chi connectivity index (χ1v) is 10.5. The Morgan fingerprint density at radius 2 is 1.84 bits per heavy atom. The van der Waals surface area contributed by atoms with Gasteiger partial charge < -0.3 is 19.7 Å². The van der Waals surface area contributed by atoms with E-state index in [1.807, 2.05) is 66.9 Å². The zero-order valence-corrected chi connectivity index (χ0v) is 18.2. The molecule has 1 amide bonds. The number of hydrogen-bond donors (Lipinski definition) is 2. The molecule has 0 unspecified atom stereocenters. The van der Waals surface area contributed by atoms with Crippen molar-refractivity contribution in [3.8, 4) is 11.4 Å². The van der Waals surface area contributed by atoms with E-state index in [1.165, 1.54) is 0 Å². The molecule has 0 spiro atoms. The van der Waals surface area contributed by atoms with Gasteiger partial charge in [-0.3, -0.25) is 9.78 Å². The van der Waals surface area contributed by atoms with Crippen LogP contribution in [0.4, 0.5) is 0 Å². The molecular formula is C25H25N3O4. The summed E-state index contributed by atoms with van der Waals surface area (Å²) >= 11 is 0. The van der Waals surface area contributed by atoms with Crippen molar-refractivity contribution in [2.24, 2.45) is 5.92 Å². The van der Waals surface area contributed by atoms with E-state index in [9.17, 15) is 14.7 Å². The number of ether oxygens (including phenoxy) is 1. The zero-order valence-electron chi connectivity index (χ0n) is 18.2. The number of methoxy groups -OCH3 is 1. The standard InChI is InChI=1S/C25H25N3O4/c1-15(2)13-20(25(30)31)27-24(29)18-14-28(23-16(18)8-6-10-22(23)32-3)21-11-12-26-19-9-5-4-7-17(19)21/h4-12,14-15,20H,13H2,1-3H3,(H,27,29)(H,30,31)/t20-/m0/s1. The lowest BCUT2D eigenvalue weighted by molar-refractivity contribution is -0.139. The van der Waals surface area contributed by atoms with Crippen molar-refractivity contribution in [3.63, 3.8) is 0 Å². The minimum Gasteiger partial charge on any atom is -0.495 e. The average Bonchev–Trinajstić information content (AvgIpc) is 3.17. The molecule has 0 radical (unpaired) electrons. The summed E-state index contributed by atoms with van der Waals surface area (Å²) in [4.78, 5) is 29.3. The Morgan fingerprint density at radius 3 is 2.56 bits per heavy atom. The second-order valence-electron chi connectivity index (χ2n) is 8.11. The van der Waals surface area contributed by atoms with Gasteiger partial charge in [-0.15, -0.1) is 0 Å². The molecule has 0 saturated carbocycles. The molecule has 4 aromatic rings. The van der Waals surface area contributed by atoms with Crippen LogP contribution >= 0.6 is 0 Å². The van der Waals surface area contributed by atoms with E-state index in [2.05, 4.69) is 10.3 Å². The van der Waals surface area contributed by atoms with Crippen LogP contribution in [0, 0.1) is 5.92 Å². The number of pyridine rings is 1. The van der Waals surface area contributed by atoms with E-state index in [0.29, 0.717) is 23.1 Å². The van der Waals surface area contributed by atoms with Gasteiger partial charge in [0, 0.05) is 23.2 Å². The minimum absolute atomic E-state index is 0.126. The Kier molecular flexibility index (Phi) is 5.81. The van der Waals surface area contributed by atoms with E-state index < -0.39 is 17.9 Å². The molecule has 0 saturated heterocycles. The highest BCUT2D eigenvalue weighted by molar-refractivity contribution is 6.10. The summed E-state index contributed by atoms with van der Waals surface area (Å²) in [6, 6.07) is 14.2. The van der Waals surface area contributed by atoms with Gasteiger partial charge in [-0.05, 0) is 30.5 Å². The Morgan fingerprint density at radius 1 is 1.09 bits per heavy atom. The second kappa shape index (κ2) is 8.70. The van der Waals surface area contributed by atoms with E-state index in [1.54, 1.807) is 19.5 Å². The Hall–Kier alpha value is -3.87. The van der Waals surface area contributed by atoms with Crippen LogP contribution < -0.4 is 10.1 Å². The highest BCUT2D eigenvalue weighted by Crippen LogP contribution is 2.34. The molecule has 32 heavy (non-hydrogen) atoms. The lowest BCUT2D eigenvalue weighted by Gasteiger charge is -2.16. The third-order valence-electron chi connectivity index (χ3n) is 5.45. The molecule has 4 rings (SSSR count).